The minimum absolute atomic E-state index is 0.898. The topological polar surface area (TPSA) is 43.8 Å². The van der Waals surface area contributed by atoms with Crippen LogP contribution in [0, 0.1) is 0 Å². The van der Waals surface area contributed by atoms with Crippen molar-refractivity contribution in [1.29, 1.82) is 0 Å². The van der Waals surface area contributed by atoms with Gasteiger partial charge in [-0.1, -0.05) is 0 Å². The van der Waals surface area contributed by atoms with Gasteiger partial charge in [-0.3, -0.25) is 0 Å². The predicted octanol–water partition coefficient (Wildman–Crippen LogP) is 0.359. The largest absolute Gasteiger partial charge is 0.323 e. The van der Waals surface area contributed by atoms with Crippen molar-refractivity contribution in [3.8, 4) is 0 Å². The lowest BCUT2D eigenvalue weighted by Gasteiger charge is -1.79. The molecule has 0 radical (unpaired) electrons. The standard InChI is InChI=1S/C3H4BrN3/c4-3-1-6-7(5)2-3/h1-2H,5H2. The van der Waals surface area contributed by atoms with Gasteiger partial charge in [0.1, 0.15) is 0 Å². The Hall–Kier alpha value is -0.510. The maximum atomic E-state index is 5.15. The van der Waals surface area contributed by atoms with Crippen LogP contribution < -0.4 is 5.84 Å². The summed E-state index contributed by atoms with van der Waals surface area (Å²) in [5, 5.41) is 3.66. The zero-order valence-corrected chi connectivity index (χ0v) is 5.09. The lowest BCUT2D eigenvalue weighted by Crippen LogP contribution is -2.06. The zero-order valence-electron chi connectivity index (χ0n) is 3.50. The number of halogens is 1. The Morgan fingerprint density at radius 3 is 2.71 bits per heavy atom. The van der Waals surface area contributed by atoms with Crippen molar-refractivity contribution in [1.82, 2.24) is 9.89 Å². The maximum absolute atomic E-state index is 5.15. The minimum atomic E-state index is 0.898. The van der Waals surface area contributed by atoms with E-state index in [1.807, 2.05) is 0 Å². The third-order valence-corrected chi connectivity index (χ3v) is 0.980. The van der Waals surface area contributed by atoms with Gasteiger partial charge in [-0.15, -0.1) is 0 Å². The third-order valence-electron chi connectivity index (χ3n) is 0.570. The molecule has 2 N–H and O–H groups in total. The van der Waals surface area contributed by atoms with Gasteiger partial charge in [0.2, 0.25) is 0 Å². The second-order valence-corrected chi connectivity index (χ2v) is 2.05. The van der Waals surface area contributed by atoms with E-state index in [0.717, 1.165) is 4.47 Å². The molecule has 0 aliphatic heterocycles. The van der Waals surface area contributed by atoms with E-state index in [9.17, 15) is 0 Å². The van der Waals surface area contributed by atoms with Gasteiger partial charge in [0.15, 0.2) is 0 Å². The van der Waals surface area contributed by atoms with E-state index in [0.29, 0.717) is 0 Å². The number of nitrogen functional groups attached to an aromatic ring is 1. The lowest BCUT2D eigenvalue weighted by molar-refractivity contribution is 0.832. The van der Waals surface area contributed by atoms with Crippen molar-refractivity contribution in [2.24, 2.45) is 0 Å². The first-order chi connectivity index (χ1) is 3.29. The molecule has 0 bridgehead atoms. The van der Waals surface area contributed by atoms with Crippen LogP contribution in [0.25, 0.3) is 0 Å². The van der Waals surface area contributed by atoms with Gasteiger partial charge in [-0.2, -0.15) is 9.89 Å². The highest BCUT2D eigenvalue weighted by atomic mass is 79.9. The molecule has 0 saturated carbocycles. The number of hydrogen-bond donors (Lipinski definition) is 1. The molecule has 0 saturated heterocycles. The van der Waals surface area contributed by atoms with Crippen molar-refractivity contribution in [2.45, 2.75) is 0 Å². The summed E-state index contributed by atoms with van der Waals surface area (Å²) in [5.74, 6) is 5.15. The molecule has 0 amide bonds. The van der Waals surface area contributed by atoms with Crippen LogP contribution in [0.1, 0.15) is 0 Å². The Balaban J connectivity index is 3.04. The third kappa shape index (κ3) is 0.928. The van der Waals surface area contributed by atoms with Gasteiger partial charge in [0.25, 0.3) is 0 Å². The first kappa shape index (κ1) is 4.64. The van der Waals surface area contributed by atoms with Gasteiger partial charge in [0.05, 0.1) is 16.9 Å². The number of aromatic nitrogens is 2. The highest BCUT2D eigenvalue weighted by molar-refractivity contribution is 9.10. The molecule has 1 aromatic rings. The van der Waals surface area contributed by atoms with Crippen LogP contribution >= 0.6 is 15.9 Å². The number of nitrogens with zero attached hydrogens (tertiary/aromatic N) is 2. The molecule has 7 heavy (non-hydrogen) atoms. The van der Waals surface area contributed by atoms with E-state index in [1.54, 1.807) is 12.4 Å². The molecule has 38 valence electrons. The first-order valence-electron chi connectivity index (χ1n) is 1.74. The normalized spacial score (nSPS) is 9.29. The van der Waals surface area contributed by atoms with Crippen LogP contribution in [0.5, 0.6) is 0 Å². The zero-order chi connectivity index (χ0) is 5.28. The average molecular weight is 162 g/mol. The molecule has 4 heteroatoms. The molecule has 1 aromatic heterocycles. The van der Waals surface area contributed by atoms with Crippen molar-refractivity contribution in [3.05, 3.63) is 16.9 Å². The number of hydrogen-bond acceptors (Lipinski definition) is 2. The Kier molecular flexibility index (Phi) is 1.02. The fraction of sp³-hybridized carbons (Fsp3) is 0. The quantitative estimate of drug-likeness (QED) is 0.559. The van der Waals surface area contributed by atoms with E-state index >= 15 is 0 Å². The fourth-order valence-electron chi connectivity index (χ4n) is 0.315. The van der Waals surface area contributed by atoms with Crippen molar-refractivity contribution in [2.75, 3.05) is 5.84 Å². The van der Waals surface area contributed by atoms with Crippen LogP contribution in [0.2, 0.25) is 0 Å². The minimum Gasteiger partial charge on any atom is -0.323 e. The molecular weight excluding hydrogens is 158 g/mol. The van der Waals surface area contributed by atoms with Crippen LogP contribution in [-0.4, -0.2) is 9.89 Å². The first-order valence-corrected chi connectivity index (χ1v) is 2.53. The van der Waals surface area contributed by atoms with Crippen LogP contribution in [0.15, 0.2) is 16.9 Å². The van der Waals surface area contributed by atoms with E-state index in [1.165, 1.54) is 4.79 Å². The summed E-state index contributed by atoms with van der Waals surface area (Å²) in [6, 6.07) is 0. The monoisotopic (exact) mass is 161 g/mol. The van der Waals surface area contributed by atoms with Gasteiger partial charge in [0, 0.05) is 0 Å². The Bertz CT molecular complexity index is 142. The van der Waals surface area contributed by atoms with Gasteiger partial charge >= 0.3 is 0 Å². The van der Waals surface area contributed by atoms with Gasteiger partial charge in [-0.05, 0) is 15.9 Å². The molecule has 0 fully saturated rings. The summed E-state index contributed by atoms with van der Waals surface area (Å²) in [6.45, 7) is 0. The maximum Gasteiger partial charge on any atom is 0.0653 e. The highest BCUT2D eigenvalue weighted by Crippen LogP contribution is 2.02. The molecule has 1 rings (SSSR count). The number of rotatable bonds is 0. The van der Waals surface area contributed by atoms with E-state index < -0.39 is 0 Å². The Morgan fingerprint density at radius 1 is 1.86 bits per heavy atom. The number of nitrogens with two attached hydrogens (primary N) is 1. The van der Waals surface area contributed by atoms with E-state index in [4.69, 9.17) is 5.84 Å². The van der Waals surface area contributed by atoms with Crippen molar-refractivity contribution < 1.29 is 0 Å². The highest BCUT2D eigenvalue weighted by Gasteiger charge is 1.84. The summed E-state index contributed by atoms with van der Waals surface area (Å²) in [6.07, 6.45) is 3.29. The molecule has 0 atom stereocenters. The van der Waals surface area contributed by atoms with Crippen LogP contribution in [0.3, 0.4) is 0 Å². The van der Waals surface area contributed by atoms with Crippen molar-refractivity contribution >= 4 is 15.9 Å². The molecule has 3 nitrogen and oxygen atoms in total. The van der Waals surface area contributed by atoms with Crippen molar-refractivity contribution in [3.63, 3.8) is 0 Å². The van der Waals surface area contributed by atoms with E-state index in [2.05, 4.69) is 21.0 Å². The van der Waals surface area contributed by atoms with E-state index in [-0.39, 0.29) is 0 Å². The summed E-state index contributed by atoms with van der Waals surface area (Å²) >= 11 is 3.17. The van der Waals surface area contributed by atoms with Crippen LogP contribution in [0.4, 0.5) is 0 Å². The average Bonchev–Trinajstić information content (AvgIpc) is 1.87. The van der Waals surface area contributed by atoms with Gasteiger partial charge in [-0.25, -0.2) is 0 Å². The SMILES string of the molecule is Nn1cc(Br)cn1. The Labute approximate surface area is 49.2 Å². The molecule has 0 aliphatic rings. The summed E-state index contributed by atoms with van der Waals surface area (Å²) < 4.78 is 0.898. The summed E-state index contributed by atoms with van der Waals surface area (Å²) in [4.78, 5) is 1.24. The predicted molar refractivity (Wildman–Crippen MR) is 30.1 cm³/mol. The fourth-order valence-corrected chi connectivity index (χ4v) is 0.616. The summed E-state index contributed by atoms with van der Waals surface area (Å²) in [7, 11) is 0. The molecule has 0 unspecified atom stereocenters. The molecule has 0 aromatic carbocycles. The van der Waals surface area contributed by atoms with Crippen LogP contribution in [-0.2, 0) is 0 Å². The second-order valence-electron chi connectivity index (χ2n) is 1.14. The molecule has 0 spiro atoms. The Morgan fingerprint density at radius 2 is 2.57 bits per heavy atom. The molecular formula is C3H4BrN3. The summed E-state index contributed by atoms with van der Waals surface area (Å²) in [5.41, 5.74) is 0. The lowest BCUT2D eigenvalue weighted by atomic mass is 10.8. The van der Waals surface area contributed by atoms with Gasteiger partial charge < -0.3 is 5.84 Å². The second kappa shape index (κ2) is 1.54. The molecule has 0 aliphatic carbocycles. The smallest absolute Gasteiger partial charge is 0.0653 e. The molecule has 1 heterocycles.